The Morgan fingerprint density at radius 2 is 1.66 bits per heavy atom. The number of hydrogen-bond donors (Lipinski definition) is 3. The third-order valence-electron chi connectivity index (χ3n) is 3.82. The lowest BCUT2D eigenvalue weighted by Gasteiger charge is -2.20. The summed E-state index contributed by atoms with van der Waals surface area (Å²) in [4.78, 5) is 24.5. The highest BCUT2D eigenvalue weighted by atomic mass is 16.5. The van der Waals surface area contributed by atoms with Crippen LogP contribution in [0, 0.1) is 5.92 Å². The molecule has 0 spiro atoms. The molecule has 2 aromatic carbocycles. The SMILES string of the molecule is CC(C)COc1ccccc1NC(=O)CNc1ccc(C(=O)NC(C)(C)C)cc1. The summed E-state index contributed by atoms with van der Waals surface area (Å²) >= 11 is 0. The Labute approximate surface area is 173 Å². The maximum absolute atomic E-state index is 12.3. The summed E-state index contributed by atoms with van der Waals surface area (Å²) in [5.74, 6) is 0.748. The Morgan fingerprint density at radius 3 is 2.28 bits per heavy atom. The van der Waals surface area contributed by atoms with Crippen molar-refractivity contribution in [2.24, 2.45) is 5.92 Å². The van der Waals surface area contributed by atoms with E-state index >= 15 is 0 Å². The molecule has 0 saturated heterocycles. The van der Waals surface area contributed by atoms with Gasteiger partial charge in [-0.2, -0.15) is 0 Å². The molecule has 0 atom stereocenters. The normalized spacial score (nSPS) is 11.1. The first-order chi connectivity index (χ1) is 13.6. The van der Waals surface area contributed by atoms with Gasteiger partial charge in [0.15, 0.2) is 0 Å². The van der Waals surface area contributed by atoms with E-state index in [9.17, 15) is 9.59 Å². The molecule has 0 aliphatic heterocycles. The van der Waals surface area contributed by atoms with Gasteiger partial charge in [0.25, 0.3) is 5.91 Å². The molecule has 0 unspecified atom stereocenters. The van der Waals surface area contributed by atoms with Crippen LogP contribution in [0.5, 0.6) is 5.75 Å². The molecular weight excluding hydrogens is 366 g/mol. The average molecular weight is 398 g/mol. The topological polar surface area (TPSA) is 79.5 Å². The number of para-hydroxylation sites is 2. The van der Waals surface area contributed by atoms with Crippen molar-refractivity contribution in [2.75, 3.05) is 23.8 Å². The third kappa shape index (κ3) is 7.86. The van der Waals surface area contributed by atoms with Gasteiger partial charge in [-0.25, -0.2) is 0 Å². The van der Waals surface area contributed by atoms with Gasteiger partial charge >= 0.3 is 0 Å². The van der Waals surface area contributed by atoms with E-state index in [1.807, 2.05) is 45.0 Å². The van der Waals surface area contributed by atoms with Crippen molar-refractivity contribution in [1.29, 1.82) is 0 Å². The number of rotatable bonds is 8. The van der Waals surface area contributed by atoms with Crippen molar-refractivity contribution in [2.45, 2.75) is 40.2 Å². The van der Waals surface area contributed by atoms with E-state index in [0.717, 1.165) is 5.69 Å². The van der Waals surface area contributed by atoms with E-state index < -0.39 is 0 Å². The number of ether oxygens (including phenoxy) is 1. The highest BCUT2D eigenvalue weighted by molar-refractivity contribution is 5.96. The van der Waals surface area contributed by atoms with Crippen LogP contribution >= 0.6 is 0 Å². The summed E-state index contributed by atoms with van der Waals surface area (Å²) in [5, 5.41) is 8.85. The molecule has 3 N–H and O–H groups in total. The second kappa shape index (κ2) is 9.96. The van der Waals surface area contributed by atoms with E-state index in [0.29, 0.717) is 29.5 Å². The Hall–Kier alpha value is -3.02. The molecule has 6 heteroatoms. The highest BCUT2D eigenvalue weighted by Crippen LogP contribution is 2.24. The standard InChI is InChI=1S/C23H31N3O3/c1-16(2)15-29-20-9-7-6-8-19(20)25-21(27)14-24-18-12-10-17(11-13-18)22(28)26-23(3,4)5/h6-13,16,24H,14-15H2,1-5H3,(H,25,27)(H,26,28). The molecule has 0 aromatic heterocycles. The molecule has 2 amide bonds. The fraction of sp³-hybridized carbons (Fsp3) is 0.391. The summed E-state index contributed by atoms with van der Waals surface area (Å²) in [6, 6.07) is 14.4. The third-order valence-corrected chi connectivity index (χ3v) is 3.82. The predicted octanol–water partition coefficient (Wildman–Crippen LogP) is 4.30. The first kappa shape index (κ1) is 22.3. The minimum atomic E-state index is -0.290. The number of nitrogens with one attached hydrogen (secondary N) is 3. The van der Waals surface area contributed by atoms with Gasteiger partial charge in [0.1, 0.15) is 5.75 Å². The second-order valence-corrected chi connectivity index (χ2v) is 8.38. The van der Waals surface area contributed by atoms with Crippen molar-refractivity contribution in [1.82, 2.24) is 5.32 Å². The Kier molecular flexibility index (Phi) is 7.65. The summed E-state index contributed by atoms with van der Waals surface area (Å²) in [5.41, 5.74) is 1.69. The summed E-state index contributed by atoms with van der Waals surface area (Å²) in [6.07, 6.45) is 0. The maximum atomic E-state index is 12.3. The van der Waals surface area contributed by atoms with Crippen LogP contribution in [-0.4, -0.2) is 30.5 Å². The number of carbonyl (C=O) groups excluding carboxylic acids is 2. The number of benzene rings is 2. The van der Waals surface area contributed by atoms with Crippen LogP contribution in [0.1, 0.15) is 45.0 Å². The second-order valence-electron chi connectivity index (χ2n) is 8.38. The summed E-state index contributed by atoms with van der Waals surface area (Å²) in [6.45, 7) is 10.6. The molecule has 0 heterocycles. The molecule has 0 saturated carbocycles. The van der Waals surface area contributed by atoms with E-state index in [2.05, 4.69) is 29.8 Å². The van der Waals surface area contributed by atoms with Crippen LogP contribution in [0.4, 0.5) is 11.4 Å². The van der Waals surface area contributed by atoms with Crippen molar-refractivity contribution in [3.05, 3.63) is 54.1 Å². The Bertz CT molecular complexity index is 824. The molecule has 29 heavy (non-hydrogen) atoms. The summed E-state index contributed by atoms with van der Waals surface area (Å²) in [7, 11) is 0. The number of hydrogen-bond acceptors (Lipinski definition) is 4. The number of anilines is 2. The first-order valence-electron chi connectivity index (χ1n) is 9.82. The van der Waals surface area contributed by atoms with Crippen molar-refractivity contribution >= 4 is 23.2 Å². The van der Waals surface area contributed by atoms with Crippen molar-refractivity contribution in [3.8, 4) is 5.75 Å². The molecule has 0 aliphatic carbocycles. The zero-order chi connectivity index (χ0) is 21.4. The lowest BCUT2D eigenvalue weighted by Crippen LogP contribution is -2.40. The molecule has 0 bridgehead atoms. The van der Waals surface area contributed by atoms with Gasteiger partial charge in [-0.15, -0.1) is 0 Å². The van der Waals surface area contributed by atoms with Gasteiger partial charge in [0, 0.05) is 16.8 Å². The smallest absolute Gasteiger partial charge is 0.251 e. The molecule has 2 rings (SSSR count). The van der Waals surface area contributed by atoms with Gasteiger partial charge in [0.05, 0.1) is 18.8 Å². The van der Waals surface area contributed by atoms with Crippen LogP contribution in [0.25, 0.3) is 0 Å². The molecule has 0 aliphatic rings. The molecule has 156 valence electrons. The average Bonchev–Trinajstić information content (AvgIpc) is 2.64. The van der Waals surface area contributed by atoms with E-state index in [1.54, 1.807) is 24.3 Å². The van der Waals surface area contributed by atoms with Crippen molar-refractivity contribution in [3.63, 3.8) is 0 Å². The highest BCUT2D eigenvalue weighted by Gasteiger charge is 2.15. The quantitative estimate of drug-likeness (QED) is 0.620. The van der Waals surface area contributed by atoms with E-state index in [-0.39, 0.29) is 23.9 Å². The van der Waals surface area contributed by atoms with Gasteiger partial charge in [-0.3, -0.25) is 9.59 Å². The first-order valence-corrected chi connectivity index (χ1v) is 9.82. The Morgan fingerprint density at radius 1 is 1.00 bits per heavy atom. The largest absolute Gasteiger partial charge is 0.491 e. The Balaban J connectivity index is 1.89. The molecular formula is C23H31N3O3. The molecule has 2 aromatic rings. The van der Waals surface area contributed by atoms with E-state index in [4.69, 9.17) is 4.74 Å². The van der Waals surface area contributed by atoms with Crippen LogP contribution in [-0.2, 0) is 4.79 Å². The molecule has 6 nitrogen and oxygen atoms in total. The van der Waals surface area contributed by atoms with Crippen LogP contribution in [0.15, 0.2) is 48.5 Å². The van der Waals surface area contributed by atoms with Gasteiger partial charge in [-0.05, 0) is 63.1 Å². The monoisotopic (exact) mass is 397 g/mol. The van der Waals surface area contributed by atoms with Crippen LogP contribution in [0.3, 0.4) is 0 Å². The van der Waals surface area contributed by atoms with Gasteiger partial charge < -0.3 is 20.7 Å². The fourth-order valence-electron chi connectivity index (χ4n) is 2.48. The van der Waals surface area contributed by atoms with Crippen LogP contribution in [0.2, 0.25) is 0 Å². The minimum absolute atomic E-state index is 0.103. The van der Waals surface area contributed by atoms with Crippen molar-refractivity contribution < 1.29 is 14.3 Å². The number of amides is 2. The minimum Gasteiger partial charge on any atom is -0.491 e. The maximum Gasteiger partial charge on any atom is 0.251 e. The zero-order valence-electron chi connectivity index (χ0n) is 17.8. The lowest BCUT2D eigenvalue weighted by molar-refractivity contribution is -0.114. The van der Waals surface area contributed by atoms with Gasteiger partial charge in [0.2, 0.25) is 5.91 Å². The predicted molar refractivity (Wildman–Crippen MR) is 118 cm³/mol. The lowest BCUT2D eigenvalue weighted by atomic mass is 10.1. The number of carbonyl (C=O) groups is 2. The zero-order valence-corrected chi connectivity index (χ0v) is 17.8. The van der Waals surface area contributed by atoms with Gasteiger partial charge in [-0.1, -0.05) is 26.0 Å². The fourth-order valence-corrected chi connectivity index (χ4v) is 2.48. The van der Waals surface area contributed by atoms with Crippen LogP contribution < -0.4 is 20.7 Å². The summed E-state index contributed by atoms with van der Waals surface area (Å²) < 4.78 is 5.76. The molecule has 0 fully saturated rings. The molecule has 0 radical (unpaired) electrons. The van der Waals surface area contributed by atoms with E-state index in [1.165, 1.54) is 0 Å².